The summed E-state index contributed by atoms with van der Waals surface area (Å²) in [6.07, 6.45) is 0.558. The largest absolute Gasteiger partial charge is 0.370 e. The molecule has 0 fully saturated rings. The molecule has 0 aromatic heterocycles. The Hall–Kier alpha value is -4.22. The van der Waals surface area contributed by atoms with Crippen molar-refractivity contribution in [2.24, 2.45) is 22.2 Å². The summed E-state index contributed by atoms with van der Waals surface area (Å²) in [5.74, 6) is -1.53. The molecule has 11 heteroatoms. The number of sulfonamides is 1. The van der Waals surface area contributed by atoms with Gasteiger partial charge in [0.25, 0.3) is 0 Å². The van der Waals surface area contributed by atoms with Crippen LogP contribution in [0, 0.1) is 0 Å². The average Bonchev–Trinajstić information content (AvgIpc) is 2.91. The summed E-state index contributed by atoms with van der Waals surface area (Å²) in [6.45, 7) is 0.197. The Bertz CT molecular complexity index is 1340. The third kappa shape index (κ3) is 8.43. The zero-order valence-corrected chi connectivity index (χ0v) is 21.6. The van der Waals surface area contributed by atoms with Gasteiger partial charge < -0.3 is 22.5 Å². The Morgan fingerprint density at radius 2 is 1.37 bits per heavy atom. The van der Waals surface area contributed by atoms with Gasteiger partial charge in [-0.1, -0.05) is 72.8 Å². The summed E-state index contributed by atoms with van der Waals surface area (Å²) in [4.78, 5) is 29.1. The van der Waals surface area contributed by atoms with Crippen LogP contribution in [0.25, 0.3) is 11.1 Å². The van der Waals surface area contributed by atoms with Gasteiger partial charge in [-0.25, -0.2) is 8.42 Å². The molecule has 3 aromatic rings. The molecule has 10 nitrogen and oxygen atoms in total. The Labute approximate surface area is 222 Å². The minimum Gasteiger partial charge on any atom is -0.370 e. The van der Waals surface area contributed by atoms with Crippen molar-refractivity contribution >= 4 is 27.8 Å². The highest BCUT2D eigenvalue weighted by atomic mass is 32.2. The lowest BCUT2D eigenvalue weighted by atomic mass is 10.0. The topological polar surface area (TPSA) is 183 Å². The standard InChI is InChI=1S/C27H32N6O4S/c28-25(34)24(18-19-8-3-1-4-9-19)32-26(35)23(12-7-17-31-27(29)30)33-38(36,37)22-15-13-21(14-16-22)20-10-5-2-6-11-20/h1-6,8-11,13-16,23-24,33H,7,12,17-18H2,(H2,28,34)(H,32,35)(H4,29,30,31)/t23-,24-/m0/s1. The van der Waals surface area contributed by atoms with Crippen LogP contribution in [0.1, 0.15) is 18.4 Å². The summed E-state index contributed by atoms with van der Waals surface area (Å²) >= 11 is 0. The van der Waals surface area contributed by atoms with Crippen molar-refractivity contribution in [1.82, 2.24) is 10.0 Å². The molecule has 0 saturated heterocycles. The molecular formula is C27H32N6O4S. The SMILES string of the molecule is NC(=O)[C@H](Cc1ccccc1)NC(=O)[C@H](CCCN=C(N)N)NS(=O)(=O)c1ccc(-c2ccccc2)cc1. The van der Waals surface area contributed by atoms with Gasteiger partial charge in [0.05, 0.1) is 4.90 Å². The fourth-order valence-electron chi connectivity index (χ4n) is 3.80. The van der Waals surface area contributed by atoms with Gasteiger partial charge in [0.2, 0.25) is 21.8 Å². The van der Waals surface area contributed by atoms with E-state index in [-0.39, 0.29) is 30.2 Å². The predicted molar refractivity (Wildman–Crippen MR) is 147 cm³/mol. The van der Waals surface area contributed by atoms with Crippen LogP contribution in [-0.2, 0) is 26.0 Å². The van der Waals surface area contributed by atoms with Crippen LogP contribution >= 0.6 is 0 Å². The maximum atomic E-state index is 13.2. The van der Waals surface area contributed by atoms with E-state index in [9.17, 15) is 18.0 Å². The van der Waals surface area contributed by atoms with Gasteiger partial charge in [-0.3, -0.25) is 14.6 Å². The molecule has 2 atom stereocenters. The number of carbonyl (C=O) groups excluding carboxylic acids is 2. The third-order valence-corrected chi connectivity index (χ3v) is 7.26. The molecule has 0 aliphatic rings. The number of primary amides is 1. The highest BCUT2D eigenvalue weighted by Crippen LogP contribution is 2.21. The summed E-state index contributed by atoms with van der Waals surface area (Å²) in [5.41, 5.74) is 18.8. The Morgan fingerprint density at radius 1 is 0.789 bits per heavy atom. The van der Waals surface area contributed by atoms with Gasteiger partial charge in [-0.05, 0) is 41.7 Å². The van der Waals surface area contributed by atoms with Gasteiger partial charge in [0.15, 0.2) is 5.96 Å². The minimum atomic E-state index is -4.08. The van der Waals surface area contributed by atoms with Crippen molar-refractivity contribution in [3.05, 3.63) is 90.5 Å². The third-order valence-electron chi connectivity index (χ3n) is 5.77. The van der Waals surface area contributed by atoms with Crippen molar-refractivity contribution in [1.29, 1.82) is 0 Å². The highest BCUT2D eigenvalue weighted by molar-refractivity contribution is 7.89. The molecular weight excluding hydrogens is 504 g/mol. The second-order valence-corrected chi connectivity index (χ2v) is 10.4. The number of carbonyl (C=O) groups is 2. The number of guanidine groups is 1. The smallest absolute Gasteiger partial charge is 0.241 e. The van der Waals surface area contributed by atoms with Crippen molar-refractivity contribution in [2.75, 3.05) is 6.54 Å². The zero-order valence-electron chi connectivity index (χ0n) is 20.8. The number of aliphatic imine (C=N–C) groups is 1. The quantitative estimate of drug-likeness (QED) is 0.124. The lowest BCUT2D eigenvalue weighted by Gasteiger charge is -2.22. The Balaban J connectivity index is 1.78. The summed E-state index contributed by atoms with van der Waals surface area (Å²) in [7, 11) is -4.08. The first-order valence-corrected chi connectivity index (χ1v) is 13.5. The fourth-order valence-corrected chi connectivity index (χ4v) is 5.03. The van der Waals surface area contributed by atoms with E-state index in [1.807, 2.05) is 36.4 Å². The van der Waals surface area contributed by atoms with E-state index >= 15 is 0 Å². The first-order chi connectivity index (χ1) is 18.2. The number of amides is 2. The average molecular weight is 537 g/mol. The zero-order chi connectivity index (χ0) is 27.5. The number of hydrogen-bond acceptors (Lipinski definition) is 5. The second kappa shape index (κ2) is 13.4. The van der Waals surface area contributed by atoms with Crippen molar-refractivity contribution in [2.45, 2.75) is 36.2 Å². The predicted octanol–water partition coefficient (Wildman–Crippen LogP) is 1.27. The fraction of sp³-hybridized carbons (Fsp3) is 0.222. The Kier molecular flexibility index (Phi) is 9.97. The second-order valence-electron chi connectivity index (χ2n) is 8.67. The van der Waals surface area contributed by atoms with Gasteiger partial charge in [0, 0.05) is 13.0 Å². The van der Waals surface area contributed by atoms with Crippen LogP contribution in [0.3, 0.4) is 0 Å². The van der Waals surface area contributed by atoms with Crippen LogP contribution in [-0.4, -0.2) is 44.8 Å². The molecule has 8 N–H and O–H groups in total. The van der Waals surface area contributed by atoms with Gasteiger partial charge in [-0.15, -0.1) is 0 Å². The lowest BCUT2D eigenvalue weighted by Crippen LogP contribution is -2.53. The molecule has 3 aromatic carbocycles. The maximum Gasteiger partial charge on any atom is 0.241 e. The molecule has 0 radical (unpaired) electrons. The number of nitrogens with two attached hydrogens (primary N) is 3. The van der Waals surface area contributed by atoms with Crippen LogP contribution in [0.4, 0.5) is 0 Å². The normalized spacial score (nSPS) is 12.7. The van der Waals surface area contributed by atoms with Crippen LogP contribution in [0.5, 0.6) is 0 Å². The highest BCUT2D eigenvalue weighted by Gasteiger charge is 2.28. The monoisotopic (exact) mass is 536 g/mol. The van der Waals surface area contributed by atoms with Gasteiger partial charge >= 0.3 is 0 Å². The first kappa shape index (κ1) is 28.4. The molecule has 3 rings (SSSR count). The van der Waals surface area contributed by atoms with Crippen LogP contribution < -0.4 is 27.2 Å². The molecule has 0 heterocycles. The molecule has 0 spiro atoms. The van der Waals surface area contributed by atoms with Crippen molar-refractivity contribution < 1.29 is 18.0 Å². The van der Waals surface area contributed by atoms with Gasteiger partial charge in [-0.2, -0.15) is 4.72 Å². The molecule has 0 aliphatic carbocycles. The molecule has 0 bridgehead atoms. The summed E-state index contributed by atoms with van der Waals surface area (Å²) in [5, 5.41) is 2.59. The number of benzene rings is 3. The molecule has 200 valence electrons. The van der Waals surface area contributed by atoms with E-state index in [2.05, 4.69) is 15.0 Å². The summed E-state index contributed by atoms with van der Waals surface area (Å²) in [6, 6.07) is 22.7. The first-order valence-electron chi connectivity index (χ1n) is 12.0. The maximum absolute atomic E-state index is 13.2. The van der Waals surface area contributed by atoms with E-state index in [4.69, 9.17) is 17.2 Å². The number of rotatable bonds is 13. The lowest BCUT2D eigenvalue weighted by molar-refractivity contribution is -0.128. The minimum absolute atomic E-state index is 0.00468. The van der Waals surface area contributed by atoms with E-state index in [0.717, 1.165) is 16.7 Å². The van der Waals surface area contributed by atoms with E-state index in [1.165, 1.54) is 12.1 Å². The number of hydrogen-bond donors (Lipinski definition) is 5. The number of nitrogens with one attached hydrogen (secondary N) is 2. The van der Waals surface area contributed by atoms with E-state index in [1.54, 1.807) is 36.4 Å². The molecule has 0 saturated carbocycles. The molecule has 0 aliphatic heterocycles. The Morgan fingerprint density at radius 3 is 1.95 bits per heavy atom. The van der Waals surface area contributed by atoms with E-state index in [0.29, 0.717) is 6.42 Å². The molecule has 0 unspecified atom stereocenters. The van der Waals surface area contributed by atoms with Crippen LogP contribution in [0.2, 0.25) is 0 Å². The van der Waals surface area contributed by atoms with E-state index < -0.39 is 33.9 Å². The molecule has 2 amide bonds. The van der Waals surface area contributed by atoms with Crippen LogP contribution in [0.15, 0.2) is 94.8 Å². The van der Waals surface area contributed by atoms with Crippen molar-refractivity contribution in [3.8, 4) is 11.1 Å². The van der Waals surface area contributed by atoms with Gasteiger partial charge in [0.1, 0.15) is 12.1 Å². The van der Waals surface area contributed by atoms with Crippen molar-refractivity contribution in [3.63, 3.8) is 0 Å². The number of nitrogens with zero attached hydrogens (tertiary/aromatic N) is 1. The summed E-state index contributed by atoms with van der Waals surface area (Å²) < 4.78 is 28.9. The molecule has 38 heavy (non-hydrogen) atoms.